The molecule has 3 fully saturated rings. The first kappa shape index (κ1) is 62.3. The lowest BCUT2D eigenvalue weighted by molar-refractivity contribution is -0.0103. The number of rotatable bonds is 18. The van der Waals surface area contributed by atoms with Crippen LogP contribution in [0.15, 0.2) is 31.6 Å². The van der Waals surface area contributed by atoms with E-state index in [1.807, 2.05) is 0 Å². The SMILES string of the molecule is COP(OCCCNC(C)C)OC1CC(n2cc(C)c(=O)[nH]c2=O)OC1C[Si](C)(C)C(C)(C)C.Cc1cn(C2CC(OP3OCCCN3C(C)C)C(C[Si](C)(C)C(C)(C)C)O2)c(=O)[nH]c1=O.O.O. The lowest BCUT2D eigenvalue weighted by Gasteiger charge is -2.41. The van der Waals surface area contributed by atoms with Crippen LogP contribution in [-0.2, 0) is 32.1 Å². The Balaban J connectivity index is 0.000000454. The molecule has 0 saturated carbocycles. The highest BCUT2D eigenvalue weighted by Crippen LogP contribution is 2.53. The maximum atomic E-state index is 12.5. The first-order valence-electron chi connectivity index (χ1n) is 23.7. The van der Waals surface area contributed by atoms with Crippen LogP contribution in [-0.4, -0.2) is 121 Å². The van der Waals surface area contributed by atoms with Gasteiger partial charge in [-0.1, -0.05) is 81.6 Å². The van der Waals surface area contributed by atoms with Crippen molar-refractivity contribution in [2.75, 3.05) is 33.4 Å². The normalized spacial score (nSPS) is 24.4. The molecule has 3 aliphatic rings. The van der Waals surface area contributed by atoms with Crippen molar-refractivity contribution in [3.63, 3.8) is 0 Å². The fraction of sp³-hybridized carbons (Fsp3) is 0.822. The third kappa shape index (κ3) is 16.9. The van der Waals surface area contributed by atoms with Gasteiger partial charge in [0.25, 0.3) is 19.6 Å². The van der Waals surface area contributed by atoms with Crippen molar-refractivity contribution >= 4 is 33.3 Å². The van der Waals surface area contributed by atoms with Gasteiger partial charge in [0.15, 0.2) is 0 Å². The second-order valence-electron chi connectivity index (χ2n) is 22.0. The van der Waals surface area contributed by atoms with Crippen LogP contribution in [0.3, 0.4) is 0 Å². The fourth-order valence-corrected chi connectivity index (χ4v) is 14.2. The first-order chi connectivity index (χ1) is 30.5. The van der Waals surface area contributed by atoms with E-state index in [-0.39, 0.29) is 56.6 Å². The van der Waals surface area contributed by atoms with E-state index < -0.39 is 57.1 Å². The second kappa shape index (κ2) is 26.2. The molecule has 8 unspecified atom stereocenters. The van der Waals surface area contributed by atoms with Gasteiger partial charge >= 0.3 is 20.0 Å². The number of nitrogens with zero attached hydrogens (tertiary/aromatic N) is 3. The van der Waals surface area contributed by atoms with E-state index in [1.165, 1.54) is 9.13 Å². The number of aryl methyl sites for hydroxylation is 2. The van der Waals surface area contributed by atoms with Gasteiger partial charge < -0.3 is 48.4 Å². The van der Waals surface area contributed by atoms with Gasteiger partial charge in [0, 0.05) is 62.1 Å². The van der Waals surface area contributed by atoms with E-state index in [9.17, 15) is 19.2 Å². The molecule has 0 spiro atoms. The lowest BCUT2D eigenvalue weighted by atomic mass is 10.2. The van der Waals surface area contributed by atoms with E-state index in [4.69, 9.17) is 32.1 Å². The second-order valence-corrected chi connectivity index (χ2v) is 36.1. The van der Waals surface area contributed by atoms with Crippen LogP contribution in [0.25, 0.3) is 0 Å². The predicted molar refractivity (Wildman–Crippen MR) is 277 cm³/mol. The Hall–Kier alpha value is -1.79. The van der Waals surface area contributed by atoms with E-state index in [0.717, 1.165) is 38.0 Å². The van der Waals surface area contributed by atoms with Gasteiger partial charge in [0.1, 0.15) is 12.5 Å². The van der Waals surface area contributed by atoms with Crippen molar-refractivity contribution in [3.05, 3.63) is 65.2 Å². The Morgan fingerprint density at radius 3 is 1.72 bits per heavy atom. The molecule has 394 valence electrons. The molecular formula is C45H88N6O13P2Si2. The van der Waals surface area contributed by atoms with Crippen molar-refractivity contribution < 1.29 is 43.0 Å². The maximum absolute atomic E-state index is 12.5. The van der Waals surface area contributed by atoms with Gasteiger partial charge in [-0.05, 0) is 69.2 Å². The standard InChI is InChI=1S/C23H44N3O6PSi.C22H40N3O5PSi.2H2O/c1-16(2)24-11-10-12-30-33(29-7)32-18-13-20(26-14-17(3)21(27)25-22(26)28)31-19(18)15-34(8,9)23(4,5)6;1-15(2)25-10-9-11-28-31(25)30-17-12-19(24-13-16(3)20(26)23-21(24)27)29-18(17)14-32(7,8)22(4,5)6;;/h14,16,18-20,24H,10-13,15H2,1-9H3,(H,25,27,28);13,15,17-19H,9-12,14H2,1-8H3,(H,23,26,27);2*1H2. The molecule has 8 atom stereocenters. The molecule has 0 radical (unpaired) electrons. The lowest BCUT2D eigenvalue weighted by Crippen LogP contribution is -2.43. The number of aromatic amines is 2. The highest BCUT2D eigenvalue weighted by atomic mass is 31.2. The van der Waals surface area contributed by atoms with Crippen molar-refractivity contribution in [1.29, 1.82) is 0 Å². The molecule has 3 aliphatic heterocycles. The average Bonchev–Trinajstić information content (AvgIpc) is 3.78. The summed E-state index contributed by atoms with van der Waals surface area (Å²) in [6, 6.07) is 2.58. The smallest absolute Gasteiger partial charge is 0.332 e. The molecule has 2 aromatic heterocycles. The number of nitrogens with one attached hydrogen (secondary N) is 3. The van der Waals surface area contributed by atoms with Crippen LogP contribution in [0.4, 0.5) is 0 Å². The van der Waals surface area contributed by atoms with Gasteiger partial charge in [-0.25, -0.2) is 14.3 Å². The van der Waals surface area contributed by atoms with Gasteiger partial charge in [0.2, 0.25) is 0 Å². The van der Waals surface area contributed by atoms with Gasteiger partial charge in [-0.3, -0.25) is 28.7 Å². The summed E-state index contributed by atoms with van der Waals surface area (Å²) in [6.07, 6.45) is 4.29. The molecule has 5 heterocycles. The Bertz CT molecular complexity index is 2110. The minimum Gasteiger partial charge on any atom is -0.412 e. The van der Waals surface area contributed by atoms with E-state index in [1.54, 1.807) is 33.4 Å². The number of hydrogen-bond acceptors (Lipinski definition) is 13. The summed E-state index contributed by atoms with van der Waals surface area (Å²) in [5.74, 6) is 0. The van der Waals surface area contributed by atoms with E-state index >= 15 is 0 Å². The summed E-state index contributed by atoms with van der Waals surface area (Å²) in [5, 5.41) is 3.75. The van der Waals surface area contributed by atoms with Crippen LogP contribution in [0.2, 0.25) is 48.4 Å². The summed E-state index contributed by atoms with van der Waals surface area (Å²) in [5.41, 5.74) is -0.707. The number of aromatic nitrogens is 4. The molecule has 0 amide bonds. The van der Waals surface area contributed by atoms with Crippen LogP contribution in [0.1, 0.15) is 119 Å². The summed E-state index contributed by atoms with van der Waals surface area (Å²) >= 11 is 0. The van der Waals surface area contributed by atoms with Crippen LogP contribution in [0.5, 0.6) is 0 Å². The molecule has 7 N–H and O–H groups in total. The highest BCUT2D eigenvalue weighted by molar-refractivity contribution is 7.44. The number of hydrogen-bond donors (Lipinski definition) is 3. The van der Waals surface area contributed by atoms with E-state index in [2.05, 4.69) is 115 Å². The van der Waals surface area contributed by atoms with Crippen molar-refractivity contribution in [3.8, 4) is 0 Å². The average molecular weight is 1040 g/mol. The fourth-order valence-electron chi connectivity index (χ4n) is 7.57. The molecule has 19 nitrogen and oxygen atoms in total. The molecule has 23 heteroatoms. The zero-order valence-corrected chi connectivity index (χ0v) is 47.9. The Morgan fingerprint density at radius 2 is 1.28 bits per heavy atom. The predicted octanol–water partition coefficient (Wildman–Crippen LogP) is 7.04. The topological polar surface area (TPSA) is 253 Å². The van der Waals surface area contributed by atoms with Crippen LogP contribution < -0.4 is 27.8 Å². The number of H-pyrrole nitrogens is 2. The van der Waals surface area contributed by atoms with Gasteiger partial charge in [-0.2, -0.15) is 0 Å². The van der Waals surface area contributed by atoms with Crippen molar-refractivity contribution in [1.82, 2.24) is 29.1 Å². The largest absolute Gasteiger partial charge is 0.412 e. The highest BCUT2D eigenvalue weighted by Gasteiger charge is 2.48. The van der Waals surface area contributed by atoms with Crippen molar-refractivity contribution in [2.24, 2.45) is 0 Å². The molecule has 2 aromatic rings. The molecule has 68 heavy (non-hydrogen) atoms. The summed E-state index contributed by atoms with van der Waals surface area (Å²) in [6.45, 7) is 38.2. The Morgan fingerprint density at radius 1 is 0.809 bits per heavy atom. The molecule has 0 bridgehead atoms. The third-order valence-electron chi connectivity index (χ3n) is 14.0. The molecule has 0 aliphatic carbocycles. The molecule has 5 rings (SSSR count). The Kier molecular flexibility index (Phi) is 24.1. The monoisotopic (exact) mass is 1040 g/mol. The summed E-state index contributed by atoms with van der Waals surface area (Å²) < 4.78 is 48.6. The molecule has 3 saturated heterocycles. The zero-order valence-electron chi connectivity index (χ0n) is 44.1. The van der Waals surface area contributed by atoms with E-state index in [0.29, 0.717) is 49.3 Å². The maximum Gasteiger partial charge on any atom is 0.332 e. The number of ether oxygens (including phenoxy) is 2. The summed E-state index contributed by atoms with van der Waals surface area (Å²) in [7, 11) is -4.51. The van der Waals surface area contributed by atoms with Gasteiger partial charge in [0.05, 0.1) is 53.8 Å². The van der Waals surface area contributed by atoms with Crippen LogP contribution in [0, 0.1) is 13.8 Å². The minimum absolute atomic E-state index is 0. The third-order valence-corrected chi connectivity index (χ3v) is 28.0. The first-order valence-corrected chi connectivity index (χ1v) is 32.4. The Labute approximate surface area is 408 Å². The summed E-state index contributed by atoms with van der Waals surface area (Å²) in [4.78, 5) is 53.5. The quantitative estimate of drug-likeness (QED) is 0.0771. The molecular weight excluding hydrogens is 951 g/mol. The van der Waals surface area contributed by atoms with Crippen LogP contribution >= 0.6 is 17.1 Å². The molecule has 0 aromatic carbocycles. The van der Waals surface area contributed by atoms with Gasteiger partial charge in [-0.15, -0.1) is 0 Å². The minimum atomic E-state index is -1.72. The zero-order chi connectivity index (χ0) is 49.5. The van der Waals surface area contributed by atoms with Crippen molar-refractivity contribution in [2.45, 2.75) is 206 Å².